The first-order valence-electron chi connectivity index (χ1n) is 7.40. The molecule has 0 fully saturated rings. The lowest BCUT2D eigenvalue weighted by Crippen LogP contribution is -2.44. The largest absolute Gasteiger partial charge is 0.384 e. The van der Waals surface area contributed by atoms with Gasteiger partial charge in [-0.05, 0) is 19.8 Å². The molecule has 1 heterocycles. The van der Waals surface area contributed by atoms with Crippen molar-refractivity contribution in [2.75, 3.05) is 18.8 Å². The average molecular weight is 310 g/mol. The van der Waals surface area contributed by atoms with Gasteiger partial charge >= 0.3 is 5.69 Å². The summed E-state index contributed by atoms with van der Waals surface area (Å²) in [5.74, 6) is -0.0371. The van der Waals surface area contributed by atoms with E-state index in [1.165, 1.54) is 14.1 Å². The van der Waals surface area contributed by atoms with E-state index in [0.717, 1.165) is 15.7 Å². The fourth-order valence-electron chi connectivity index (χ4n) is 2.31. The van der Waals surface area contributed by atoms with Crippen molar-refractivity contribution in [3.05, 3.63) is 26.4 Å². The van der Waals surface area contributed by atoms with Gasteiger partial charge in [0.25, 0.3) is 5.56 Å². The minimum atomic E-state index is -0.640. The Morgan fingerprint density at radius 3 is 2.14 bits per heavy atom. The molecule has 0 saturated carbocycles. The summed E-state index contributed by atoms with van der Waals surface area (Å²) in [6, 6.07) is 0.170. The summed E-state index contributed by atoms with van der Waals surface area (Å²) in [7, 11) is 2.79. The molecule has 7 heteroatoms. The molecule has 0 aliphatic rings. The zero-order valence-corrected chi connectivity index (χ0v) is 14.2. The van der Waals surface area contributed by atoms with Crippen LogP contribution in [0.1, 0.15) is 38.1 Å². The Kier molecular flexibility index (Phi) is 5.71. The number of nitrogens with zero attached hydrogens (tertiary/aromatic N) is 3. The number of nitrogen functional groups attached to an aromatic ring is 1. The van der Waals surface area contributed by atoms with Gasteiger partial charge in [-0.15, -0.1) is 0 Å². The van der Waals surface area contributed by atoms with Crippen LogP contribution in [0.5, 0.6) is 0 Å². The van der Waals surface area contributed by atoms with E-state index in [9.17, 15) is 14.4 Å². The van der Waals surface area contributed by atoms with Crippen LogP contribution in [-0.4, -0.2) is 38.9 Å². The molecule has 1 aromatic heterocycles. The van der Waals surface area contributed by atoms with E-state index < -0.39 is 11.2 Å². The summed E-state index contributed by atoms with van der Waals surface area (Å²) in [5, 5.41) is 0. The highest BCUT2D eigenvalue weighted by Gasteiger charge is 2.23. The molecule has 0 amide bonds. The van der Waals surface area contributed by atoms with Gasteiger partial charge in [0.1, 0.15) is 11.4 Å². The van der Waals surface area contributed by atoms with Gasteiger partial charge in [-0.25, -0.2) is 4.79 Å². The summed E-state index contributed by atoms with van der Waals surface area (Å²) in [5.41, 5.74) is 4.53. The SMILES string of the molecule is CC(C)CN(CC(=O)c1c(N)n(C)c(=O)n(C)c1=O)C(C)C. The van der Waals surface area contributed by atoms with Crippen molar-refractivity contribution in [3.63, 3.8) is 0 Å². The van der Waals surface area contributed by atoms with Crippen LogP contribution in [-0.2, 0) is 14.1 Å². The molecule has 0 spiro atoms. The normalized spacial score (nSPS) is 11.7. The van der Waals surface area contributed by atoms with Gasteiger partial charge in [0.15, 0.2) is 5.78 Å². The molecule has 7 nitrogen and oxygen atoms in total. The molecule has 1 aromatic rings. The van der Waals surface area contributed by atoms with Crippen molar-refractivity contribution in [2.24, 2.45) is 20.0 Å². The third kappa shape index (κ3) is 3.65. The minimum Gasteiger partial charge on any atom is -0.384 e. The molecule has 0 radical (unpaired) electrons. The molecule has 0 saturated heterocycles. The molecule has 22 heavy (non-hydrogen) atoms. The highest BCUT2D eigenvalue weighted by Crippen LogP contribution is 2.09. The van der Waals surface area contributed by atoms with Gasteiger partial charge in [-0.2, -0.15) is 0 Å². The predicted molar refractivity (Wildman–Crippen MR) is 87.2 cm³/mol. The zero-order valence-electron chi connectivity index (χ0n) is 14.2. The quantitative estimate of drug-likeness (QED) is 0.759. The Morgan fingerprint density at radius 2 is 1.68 bits per heavy atom. The van der Waals surface area contributed by atoms with Crippen LogP contribution < -0.4 is 17.0 Å². The first-order chi connectivity index (χ1) is 10.1. The second kappa shape index (κ2) is 6.91. The predicted octanol–water partition coefficient (Wildman–Crippen LogP) is 0.215. The lowest BCUT2D eigenvalue weighted by molar-refractivity contribution is 0.0891. The monoisotopic (exact) mass is 310 g/mol. The van der Waals surface area contributed by atoms with Gasteiger partial charge in [-0.1, -0.05) is 13.8 Å². The minimum absolute atomic E-state index is 0.0775. The highest BCUT2D eigenvalue weighted by atomic mass is 16.2. The number of aromatic nitrogens is 2. The zero-order chi connectivity index (χ0) is 17.2. The summed E-state index contributed by atoms with van der Waals surface area (Å²) in [4.78, 5) is 38.5. The van der Waals surface area contributed by atoms with Crippen LogP contribution in [0, 0.1) is 5.92 Å². The maximum atomic E-state index is 12.5. The van der Waals surface area contributed by atoms with Crippen LogP contribution in [0.3, 0.4) is 0 Å². The van der Waals surface area contributed by atoms with Crippen LogP contribution >= 0.6 is 0 Å². The van der Waals surface area contributed by atoms with E-state index in [-0.39, 0.29) is 29.8 Å². The van der Waals surface area contributed by atoms with E-state index in [1.54, 1.807) is 0 Å². The Labute approximate surface area is 130 Å². The number of Topliss-reactive ketones (excluding diaryl/α,β-unsaturated/α-hetero) is 1. The van der Waals surface area contributed by atoms with E-state index in [0.29, 0.717) is 5.92 Å². The van der Waals surface area contributed by atoms with Crippen molar-refractivity contribution in [2.45, 2.75) is 33.7 Å². The number of ketones is 1. The maximum absolute atomic E-state index is 12.5. The summed E-state index contributed by atoms with van der Waals surface area (Å²) < 4.78 is 2.03. The second-order valence-electron chi connectivity index (χ2n) is 6.31. The van der Waals surface area contributed by atoms with Crippen molar-refractivity contribution < 1.29 is 4.79 Å². The van der Waals surface area contributed by atoms with Crippen LogP contribution in [0.2, 0.25) is 0 Å². The smallest absolute Gasteiger partial charge is 0.332 e. The first kappa shape index (κ1) is 18.2. The molecule has 0 atom stereocenters. The van der Waals surface area contributed by atoms with Gasteiger partial charge in [0.05, 0.1) is 6.54 Å². The van der Waals surface area contributed by atoms with Gasteiger partial charge < -0.3 is 5.73 Å². The number of anilines is 1. The van der Waals surface area contributed by atoms with Gasteiger partial charge in [0.2, 0.25) is 0 Å². The van der Waals surface area contributed by atoms with E-state index in [1.807, 2.05) is 18.7 Å². The van der Waals surface area contributed by atoms with Crippen molar-refractivity contribution >= 4 is 11.6 Å². The number of hydrogen-bond donors (Lipinski definition) is 1. The summed E-state index contributed by atoms with van der Waals surface area (Å²) in [6.07, 6.45) is 0. The number of hydrogen-bond acceptors (Lipinski definition) is 5. The highest BCUT2D eigenvalue weighted by molar-refractivity contribution is 6.01. The molecule has 0 bridgehead atoms. The van der Waals surface area contributed by atoms with Crippen molar-refractivity contribution in [1.29, 1.82) is 0 Å². The lowest BCUT2D eigenvalue weighted by Gasteiger charge is -2.27. The topological polar surface area (TPSA) is 90.3 Å². The fraction of sp³-hybridized carbons (Fsp3) is 0.667. The van der Waals surface area contributed by atoms with Crippen LogP contribution in [0.4, 0.5) is 5.82 Å². The van der Waals surface area contributed by atoms with Gasteiger partial charge in [-0.3, -0.25) is 23.6 Å². The van der Waals surface area contributed by atoms with E-state index in [4.69, 9.17) is 5.73 Å². The Morgan fingerprint density at radius 1 is 1.14 bits per heavy atom. The summed E-state index contributed by atoms with van der Waals surface area (Å²) >= 11 is 0. The fourth-order valence-corrected chi connectivity index (χ4v) is 2.31. The molecule has 0 unspecified atom stereocenters. The van der Waals surface area contributed by atoms with Crippen LogP contribution in [0.25, 0.3) is 0 Å². The second-order valence-corrected chi connectivity index (χ2v) is 6.31. The maximum Gasteiger partial charge on any atom is 0.332 e. The molecule has 1 rings (SSSR count). The van der Waals surface area contributed by atoms with E-state index in [2.05, 4.69) is 13.8 Å². The van der Waals surface area contributed by atoms with Crippen LogP contribution in [0.15, 0.2) is 9.59 Å². The Bertz CT molecular complexity index is 671. The number of nitrogens with two attached hydrogens (primary N) is 1. The molecule has 2 N–H and O–H groups in total. The standard InChI is InChI=1S/C15H26N4O3/c1-9(2)7-19(10(3)4)8-11(20)12-13(16)17(5)15(22)18(6)14(12)21/h9-10H,7-8,16H2,1-6H3. The molecule has 0 aliphatic carbocycles. The number of carbonyl (C=O) groups excluding carboxylic acids is 1. The Balaban J connectivity index is 3.24. The average Bonchev–Trinajstić information content (AvgIpc) is 2.42. The summed E-state index contributed by atoms with van der Waals surface area (Å²) in [6.45, 7) is 8.98. The van der Waals surface area contributed by atoms with Crippen molar-refractivity contribution in [1.82, 2.24) is 14.0 Å². The number of carbonyl (C=O) groups is 1. The van der Waals surface area contributed by atoms with Gasteiger partial charge in [0, 0.05) is 26.7 Å². The third-order valence-electron chi connectivity index (χ3n) is 3.67. The molecule has 0 aromatic carbocycles. The molecule has 124 valence electrons. The first-order valence-corrected chi connectivity index (χ1v) is 7.40. The molecule has 0 aliphatic heterocycles. The van der Waals surface area contributed by atoms with Crippen molar-refractivity contribution in [3.8, 4) is 0 Å². The Hall–Kier alpha value is -1.89. The molecular weight excluding hydrogens is 284 g/mol. The number of rotatable bonds is 6. The van der Waals surface area contributed by atoms with E-state index >= 15 is 0 Å². The third-order valence-corrected chi connectivity index (χ3v) is 3.67. The molecular formula is C15H26N4O3. The lowest BCUT2D eigenvalue weighted by atomic mass is 10.1.